The van der Waals surface area contributed by atoms with Crippen LogP contribution in [-0.4, -0.2) is 53.9 Å². The fourth-order valence-corrected chi connectivity index (χ4v) is 2.08. The molecule has 0 radical (unpaired) electrons. The van der Waals surface area contributed by atoms with Crippen LogP contribution in [0.25, 0.3) is 0 Å². The van der Waals surface area contributed by atoms with Crippen LogP contribution in [0.15, 0.2) is 18.3 Å². The van der Waals surface area contributed by atoms with Crippen molar-refractivity contribution in [3.05, 3.63) is 29.6 Å². The van der Waals surface area contributed by atoms with Crippen molar-refractivity contribution in [2.24, 2.45) is 5.73 Å². The van der Waals surface area contributed by atoms with Crippen LogP contribution in [-0.2, 0) is 6.54 Å². The van der Waals surface area contributed by atoms with Crippen molar-refractivity contribution in [1.82, 2.24) is 14.8 Å². The number of carbonyl (C=O) groups excluding carboxylic acids is 1. The monoisotopic (exact) mass is 248 g/mol. The fraction of sp³-hybridized carbons (Fsp3) is 0.538. The molecule has 0 bridgehead atoms. The minimum Gasteiger partial charge on any atom is -0.336 e. The molecule has 18 heavy (non-hydrogen) atoms. The van der Waals surface area contributed by atoms with Crippen molar-refractivity contribution in [2.75, 3.05) is 33.2 Å². The van der Waals surface area contributed by atoms with Crippen molar-refractivity contribution in [3.63, 3.8) is 0 Å². The number of rotatable bonds is 2. The van der Waals surface area contributed by atoms with Gasteiger partial charge in [0.15, 0.2) is 0 Å². The molecular weight excluding hydrogens is 228 g/mol. The van der Waals surface area contributed by atoms with Gasteiger partial charge in [0.05, 0.1) is 0 Å². The van der Waals surface area contributed by atoms with E-state index in [2.05, 4.69) is 16.9 Å². The number of carbonyl (C=O) groups is 1. The lowest BCUT2D eigenvalue weighted by molar-refractivity contribution is 0.0757. The zero-order valence-electron chi connectivity index (χ0n) is 10.8. The molecule has 5 heteroatoms. The van der Waals surface area contributed by atoms with Gasteiger partial charge in [-0.05, 0) is 31.6 Å². The van der Waals surface area contributed by atoms with E-state index in [0.29, 0.717) is 12.2 Å². The van der Waals surface area contributed by atoms with Gasteiger partial charge in [0.1, 0.15) is 5.69 Å². The Balaban J connectivity index is 2.05. The van der Waals surface area contributed by atoms with Gasteiger partial charge in [0, 0.05) is 32.4 Å². The predicted octanol–water partition coefficient (Wildman–Crippen LogP) is 0.318. The maximum Gasteiger partial charge on any atom is 0.272 e. The van der Waals surface area contributed by atoms with E-state index in [-0.39, 0.29) is 5.91 Å². The van der Waals surface area contributed by atoms with Gasteiger partial charge >= 0.3 is 0 Å². The van der Waals surface area contributed by atoms with Gasteiger partial charge in [0.2, 0.25) is 0 Å². The van der Waals surface area contributed by atoms with E-state index in [1.165, 1.54) is 0 Å². The largest absolute Gasteiger partial charge is 0.336 e. The maximum absolute atomic E-state index is 12.3. The Hall–Kier alpha value is -1.46. The minimum atomic E-state index is 0.0221. The number of amides is 1. The zero-order valence-corrected chi connectivity index (χ0v) is 10.8. The molecular formula is C13H20N4O. The normalized spacial score (nSPS) is 17.6. The van der Waals surface area contributed by atoms with E-state index in [1.54, 1.807) is 12.3 Å². The number of hydrogen-bond acceptors (Lipinski definition) is 4. The third kappa shape index (κ3) is 3.05. The van der Waals surface area contributed by atoms with Crippen molar-refractivity contribution in [2.45, 2.75) is 13.0 Å². The van der Waals surface area contributed by atoms with Crippen LogP contribution < -0.4 is 5.73 Å². The van der Waals surface area contributed by atoms with E-state index in [1.807, 2.05) is 11.0 Å². The highest BCUT2D eigenvalue weighted by molar-refractivity contribution is 5.92. The van der Waals surface area contributed by atoms with Gasteiger partial charge < -0.3 is 15.5 Å². The molecule has 98 valence electrons. The Morgan fingerprint density at radius 2 is 2.17 bits per heavy atom. The molecule has 5 nitrogen and oxygen atoms in total. The van der Waals surface area contributed by atoms with Gasteiger partial charge in [-0.15, -0.1) is 0 Å². The molecule has 0 aromatic carbocycles. The van der Waals surface area contributed by atoms with Gasteiger partial charge in [-0.1, -0.05) is 6.07 Å². The molecule has 1 amide bonds. The molecule has 1 aromatic heterocycles. The van der Waals surface area contributed by atoms with E-state index >= 15 is 0 Å². The quantitative estimate of drug-likeness (QED) is 0.818. The van der Waals surface area contributed by atoms with Crippen molar-refractivity contribution >= 4 is 5.91 Å². The number of likely N-dealkylation sites (N-methyl/N-ethyl adjacent to an activating group) is 1. The van der Waals surface area contributed by atoms with Crippen LogP contribution in [0.2, 0.25) is 0 Å². The summed E-state index contributed by atoms with van der Waals surface area (Å²) in [6.07, 6.45) is 2.69. The van der Waals surface area contributed by atoms with Gasteiger partial charge in [-0.25, -0.2) is 0 Å². The smallest absolute Gasteiger partial charge is 0.272 e. The zero-order chi connectivity index (χ0) is 13.0. The second kappa shape index (κ2) is 5.93. The SMILES string of the molecule is CN1CCCN(C(=O)c2ccc(CN)cn2)CC1. The van der Waals surface area contributed by atoms with Crippen molar-refractivity contribution in [3.8, 4) is 0 Å². The molecule has 1 saturated heterocycles. The molecule has 1 aliphatic heterocycles. The van der Waals surface area contributed by atoms with Crippen LogP contribution in [0.5, 0.6) is 0 Å². The van der Waals surface area contributed by atoms with Crippen LogP contribution in [0, 0.1) is 0 Å². The Morgan fingerprint density at radius 1 is 1.33 bits per heavy atom. The van der Waals surface area contributed by atoms with Gasteiger partial charge in [-0.2, -0.15) is 0 Å². The molecule has 0 aliphatic carbocycles. The lowest BCUT2D eigenvalue weighted by Crippen LogP contribution is -2.34. The average molecular weight is 248 g/mol. The third-order valence-electron chi connectivity index (χ3n) is 3.29. The number of nitrogens with zero attached hydrogens (tertiary/aromatic N) is 3. The summed E-state index contributed by atoms with van der Waals surface area (Å²) in [5, 5.41) is 0. The topological polar surface area (TPSA) is 62.5 Å². The molecule has 0 saturated carbocycles. The highest BCUT2D eigenvalue weighted by Gasteiger charge is 2.19. The van der Waals surface area contributed by atoms with Crippen LogP contribution in [0.3, 0.4) is 0 Å². The summed E-state index contributed by atoms with van der Waals surface area (Å²) in [4.78, 5) is 20.6. The lowest BCUT2D eigenvalue weighted by Gasteiger charge is -2.20. The summed E-state index contributed by atoms with van der Waals surface area (Å²) >= 11 is 0. The van der Waals surface area contributed by atoms with E-state index < -0.39 is 0 Å². The van der Waals surface area contributed by atoms with E-state index in [9.17, 15) is 4.79 Å². The summed E-state index contributed by atoms with van der Waals surface area (Å²) < 4.78 is 0. The number of hydrogen-bond donors (Lipinski definition) is 1. The van der Waals surface area contributed by atoms with E-state index in [4.69, 9.17) is 5.73 Å². The summed E-state index contributed by atoms with van der Waals surface area (Å²) in [5.74, 6) is 0.0221. The van der Waals surface area contributed by atoms with Gasteiger partial charge in [-0.3, -0.25) is 9.78 Å². The first kappa shape index (κ1) is 13.0. The van der Waals surface area contributed by atoms with Gasteiger partial charge in [0.25, 0.3) is 5.91 Å². The Kier molecular flexibility index (Phi) is 4.28. The summed E-state index contributed by atoms with van der Waals surface area (Å²) in [6.45, 7) is 4.01. The molecule has 2 rings (SSSR count). The van der Waals surface area contributed by atoms with Crippen molar-refractivity contribution in [1.29, 1.82) is 0 Å². The standard InChI is InChI=1S/C13H20N4O/c1-16-5-2-6-17(8-7-16)13(18)12-4-3-11(9-14)10-15-12/h3-4,10H,2,5-9,14H2,1H3. The molecule has 1 aromatic rings. The molecule has 0 unspecified atom stereocenters. The first-order valence-corrected chi connectivity index (χ1v) is 6.33. The highest BCUT2D eigenvalue weighted by atomic mass is 16.2. The number of aromatic nitrogens is 1. The minimum absolute atomic E-state index is 0.0221. The number of pyridine rings is 1. The molecule has 2 N–H and O–H groups in total. The first-order valence-electron chi connectivity index (χ1n) is 6.33. The van der Waals surface area contributed by atoms with Crippen LogP contribution in [0.4, 0.5) is 0 Å². The second-order valence-corrected chi connectivity index (χ2v) is 4.70. The Labute approximate surface area is 108 Å². The fourth-order valence-electron chi connectivity index (χ4n) is 2.08. The predicted molar refractivity (Wildman–Crippen MR) is 70.1 cm³/mol. The third-order valence-corrected chi connectivity index (χ3v) is 3.29. The molecule has 0 atom stereocenters. The molecule has 1 fully saturated rings. The molecule has 1 aliphatic rings. The molecule has 0 spiro atoms. The van der Waals surface area contributed by atoms with E-state index in [0.717, 1.165) is 38.2 Å². The average Bonchev–Trinajstić information content (AvgIpc) is 2.63. The second-order valence-electron chi connectivity index (χ2n) is 4.70. The highest BCUT2D eigenvalue weighted by Crippen LogP contribution is 2.07. The lowest BCUT2D eigenvalue weighted by atomic mass is 10.2. The Morgan fingerprint density at radius 3 is 2.83 bits per heavy atom. The molecule has 2 heterocycles. The number of nitrogens with two attached hydrogens (primary N) is 1. The summed E-state index contributed by atoms with van der Waals surface area (Å²) in [6, 6.07) is 3.63. The maximum atomic E-state index is 12.3. The summed E-state index contributed by atoms with van der Waals surface area (Å²) in [5.41, 5.74) is 6.97. The van der Waals surface area contributed by atoms with Crippen LogP contribution >= 0.6 is 0 Å². The first-order chi connectivity index (χ1) is 8.70. The summed E-state index contributed by atoms with van der Waals surface area (Å²) in [7, 11) is 2.09. The van der Waals surface area contributed by atoms with Crippen LogP contribution in [0.1, 0.15) is 22.5 Å². The van der Waals surface area contributed by atoms with Crippen molar-refractivity contribution < 1.29 is 4.79 Å². The Bertz CT molecular complexity index is 404.